The van der Waals surface area contributed by atoms with E-state index in [1.807, 2.05) is 49.4 Å². The van der Waals surface area contributed by atoms with Gasteiger partial charge in [0.25, 0.3) is 0 Å². The number of amides is 2. The summed E-state index contributed by atoms with van der Waals surface area (Å²) in [6.45, 7) is 4.94. The van der Waals surface area contributed by atoms with Gasteiger partial charge in [-0.1, -0.05) is 18.2 Å². The fraction of sp³-hybridized carbons (Fsp3) is 0.176. The number of hydrogen-bond acceptors (Lipinski definition) is 2. The molecule has 4 nitrogen and oxygen atoms in total. The Bertz CT molecular complexity index is 676. The van der Waals surface area contributed by atoms with Crippen LogP contribution >= 0.6 is 0 Å². The molecule has 0 fully saturated rings. The Labute approximate surface area is 124 Å². The molecular formula is C17H18N2O2. The van der Waals surface area contributed by atoms with Crippen molar-refractivity contribution >= 4 is 23.2 Å². The van der Waals surface area contributed by atoms with E-state index in [-0.39, 0.29) is 11.8 Å². The predicted molar refractivity (Wildman–Crippen MR) is 85.2 cm³/mol. The highest BCUT2D eigenvalue weighted by molar-refractivity contribution is 5.90. The van der Waals surface area contributed by atoms with Crippen LogP contribution < -0.4 is 10.6 Å². The first-order valence-corrected chi connectivity index (χ1v) is 6.72. The lowest BCUT2D eigenvalue weighted by molar-refractivity contribution is -0.115. The summed E-state index contributed by atoms with van der Waals surface area (Å²) in [4.78, 5) is 22.1. The van der Waals surface area contributed by atoms with E-state index in [0.29, 0.717) is 0 Å². The van der Waals surface area contributed by atoms with E-state index in [1.165, 1.54) is 13.8 Å². The maximum absolute atomic E-state index is 11.1. The van der Waals surface area contributed by atoms with Crippen LogP contribution in [-0.2, 0) is 9.59 Å². The number of anilines is 2. The lowest BCUT2D eigenvalue weighted by atomic mass is 10.0. The standard InChI is InChI=1S/C17H18N2O2/c1-11-10-15(6-9-17(11)19-13(3)21)14-4-7-16(8-5-14)18-12(2)20/h4-10H,1-3H3,(H,18,20)(H,19,21). The van der Waals surface area contributed by atoms with Crippen molar-refractivity contribution in [3.05, 3.63) is 48.0 Å². The first-order chi connectivity index (χ1) is 9.95. The topological polar surface area (TPSA) is 58.2 Å². The number of carbonyl (C=O) groups excluding carboxylic acids is 2. The van der Waals surface area contributed by atoms with Crippen molar-refractivity contribution in [2.45, 2.75) is 20.8 Å². The minimum Gasteiger partial charge on any atom is -0.326 e. The monoisotopic (exact) mass is 282 g/mol. The van der Waals surface area contributed by atoms with Gasteiger partial charge in [-0.15, -0.1) is 0 Å². The fourth-order valence-electron chi connectivity index (χ4n) is 2.12. The third kappa shape index (κ3) is 3.92. The van der Waals surface area contributed by atoms with Crippen LogP contribution in [0.4, 0.5) is 11.4 Å². The van der Waals surface area contributed by atoms with Gasteiger partial charge in [0, 0.05) is 25.2 Å². The van der Waals surface area contributed by atoms with Crippen LogP contribution in [0.5, 0.6) is 0 Å². The minimum atomic E-state index is -0.0849. The second-order valence-corrected chi connectivity index (χ2v) is 4.97. The molecule has 0 atom stereocenters. The van der Waals surface area contributed by atoms with Crippen molar-refractivity contribution in [3.63, 3.8) is 0 Å². The van der Waals surface area contributed by atoms with Crippen LogP contribution in [0, 0.1) is 6.92 Å². The number of rotatable bonds is 3. The molecule has 21 heavy (non-hydrogen) atoms. The molecule has 2 aromatic carbocycles. The first kappa shape index (κ1) is 14.8. The second kappa shape index (κ2) is 6.22. The number of aryl methyl sites for hydroxylation is 1. The minimum absolute atomic E-state index is 0.0782. The van der Waals surface area contributed by atoms with Gasteiger partial charge in [0.15, 0.2) is 0 Å². The van der Waals surface area contributed by atoms with Crippen molar-refractivity contribution < 1.29 is 9.59 Å². The molecule has 0 spiro atoms. The van der Waals surface area contributed by atoms with E-state index in [9.17, 15) is 9.59 Å². The molecule has 0 aliphatic rings. The van der Waals surface area contributed by atoms with Crippen molar-refractivity contribution in [3.8, 4) is 11.1 Å². The molecule has 0 bridgehead atoms. The van der Waals surface area contributed by atoms with Crippen LogP contribution in [0.25, 0.3) is 11.1 Å². The zero-order valence-electron chi connectivity index (χ0n) is 12.4. The Morgan fingerprint density at radius 3 is 1.90 bits per heavy atom. The zero-order valence-corrected chi connectivity index (χ0v) is 12.4. The Hall–Kier alpha value is -2.62. The molecule has 4 heteroatoms. The molecule has 2 N–H and O–H groups in total. The molecule has 0 saturated carbocycles. The maximum atomic E-state index is 11.1. The van der Waals surface area contributed by atoms with Crippen LogP contribution in [0.15, 0.2) is 42.5 Å². The largest absolute Gasteiger partial charge is 0.326 e. The molecule has 108 valence electrons. The second-order valence-electron chi connectivity index (χ2n) is 4.97. The van der Waals surface area contributed by atoms with E-state index >= 15 is 0 Å². The van der Waals surface area contributed by atoms with Crippen molar-refractivity contribution in [2.75, 3.05) is 10.6 Å². The molecule has 0 aromatic heterocycles. The van der Waals surface area contributed by atoms with E-state index < -0.39 is 0 Å². The van der Waals surface area contributed by atoms with Gasteiger partial charge < -0.3 is 10.6 Å². The Kier molecular flexibility index (Phi) is 4.38. The SMILES string of the molecule is CC(=O)Nc1ccc(-c2ccc(NC(C)=O)c(C)c2)cc1. The van der Waals surface area contributed by atoms with E-state index in [1.54, 1.807) is 0 Å². The van der Waals surface area contributed by atoms with Gasteiger partial charge in [0.05, 0.1) is 0 Å². The molecule has 0 radical (unpaired) electrons. The third-order valence-electron chi connectivity index (χ3n) is 3.08. The normalized spacial score (nSPS) is 10.0. The molecule has 2 amide bonds. The highest BCUT2D eigenvalue weighted by Crippen LogP contribution is 2.26. The molecule has 0 heterocycles. The number of hydrogen-bond donors (Lipinski definition) is 2. The van der Waals surface area contributed by atoms with Crippen LogP contribution in [0.1, 0.15) is 19.4 Å². The fourth-order valence-corrected chi connectivity index (χ4v) is 2.12. The molecule has 2 rings (SSSR count). The average Bonchev–Trinajstić information content (AvgIpc) is 2.41. The van der Waals surface area contributed by atoms with Gasteiger partial charge in [-0.25, -0.2) is 0 Å². The van der Waals surface area contributed by atoms with E-state index in [2.05, 4.69) is 10.6 Å². The van der Waals surface area contributed by atoms with E-state index in [4.69, 9.17) is 0 Å². The van der Waals surface area contributed by atoms with Gasteiger partial charge in [-0.05, 0) is 47.9 Å². The average molecular weight is 282 g/mol. The number of nitrogens with one attached hydrogen (secondary N) is 2. The quantitative estimate of drug-likeness (QED) is 0.904. The molecule has 0 saturated heterocycles. The summed E-state index contributed by atoms with van der Waals surface area (Å²) in [7, 11) is 0. The maximum Gasteiger partial charge on any atom is 0.221 e. The molecule has 0 unspecified atom stereocenters. The van der Waals surface area contributed by atoms with Gasteiger partial charge in [0.2, 0.25) is 11.8 Å². The number of benzene rings is 2. The highest BCUT2D eigenvalue weighted by atomic mass is 16.2. The van der Waals surface area contributed by atoms with Crippen LogP contribution in [0.2, 0.25) is 0 Å². The third-order valence-corrected chi connectivity index (χ3v) is 3.08. The smallest absolute Gasteiger partial charge is 0.221 e. The van der Waals surface area contributed by atoms with Crippen molar-refractivity contribution in [1.29, 1.82) is 0 Å². The van der Waals surface area contributed by atoms with Crippen molar-refractivity contribution in [1.82, 2.24) is 0 Å². The lowest BCUT2D eigenvalue weighted by Crippen LogP contribution is -2.07. The van der Waals surface area contributed by atoms with Gasteiger partial charge in [0.1, 0.15) is 0 Å². The summed E-state index contributed by atoms with van der Waals surface area (Å²) in [6.07, 6.45) is 0. The van der Waals surface area contributed by atoms with Crippen molar-refractivity contribution in [2.24, 2.45) is 0 Å². The summed E-state index contributed by atoms with van der Waals surface area (Å²) in [5, 5.41) is 5.54. The summed E-state index contributed by atoms with van der Waals surface area (Å²) >= 11 is 0. The summed E-state index contributed by atoms with van der Waals surface area (Å²) in [5.41, 5.74) is 4.73. The predicted octanol–water partition coefficient (Wildman–Crippen LogP) is 3.58. The number of carbonyl (C=O) groups is 2. The molecule has 0 aliphatic heterocycles. The van der Waals surface area contributed by atoms with Gasteiger partial charge in [-0.3, -0.25) is 9.59 Å². The lowest BCUT2D eigenvalue weighted by Gasteiger charge is -2.10. The van der Waals surface area contributed by atoms with E-state index in [0.717, 1.165) is 28.1 Å². The summed E-state index contributed by atoms with van der Waals surface area (Å²) < 4.78 is 0. The summed E-state index contributed by atoms with van der Waals surface area (Å²) in [6, 6.07) is 13.5. The highest BCUT2D eigenvalue weighted by Gasteiger charge is 2.04. The molecular weight excluding hydrogens is 264 g/mol. The molecule has 2 aromatic rings. The Morgan fingerprint density at radius 2 is 1.38 bits per heavy atom. The molecule has 0 aliphatic carbocycles. The van der Waals surface area contributed by atoms with Crippen LogP contribution in [0.3, 0.4) is 0 Å². The zero-order chi connectivity index (χ0) is 15.4. The first-order valence-electron chi connectivity index (χ1n) is 6.72. The Balaban J connectivity index is 2.24. The van der Waals surface area contributed by atoms with Crippen LogP contribution in [-0.4, -0.2) is 11.8 Å². The summed E-state index contributed by atoms with van der Waals surface area (Å²) in [5.74, 6) is -0.163. The van der Waals surface area contributed by atoms with Gasteiger partial charge >= 0.3 is 0 Å². The Morgan fingerprint density at radius 1 is 0.810 bits per heavy atom. The van der Waals surface area contributed by atoms with Gasteiger partial charge in [-0.2, -0.15) is 0 Å².